The summed E-state index contributed by atoms with van der Waals surface area (Å²) in [5.74, 6) is -0.176. The number of aliphatic hydroxyl groups is 1. The molecule has 0 unspecified atom stereocenters. The van der Waals surface area contributed by atoms with Crippen molar-refractivity contribution in [1.29, 1.82) is 0 Å². The number of anilines is 3. The number of halogens is 4. The van der Waals surface area contributed by atoms with Gasteiger partial charge in [0.15, 0.2) is 0 Å². The topological polar surface area (TPSA) is 79.3 Å². The molecule has 0 radical (unpaired) electrons. The third-order valence-corrected chi connectivity index (χ3v) is 4.84. The minimum atomic E-state index is -4.82. The molecule has 0 bridgehead atoms. The number of aliphatic hydroxyl groups excluding tert-OH is 1. The minimum Gasteiger partial charge on any atom is -0.406 e. The first-order chi connectivity index (χ1) is 15.5. The predicted octanol–water partition coefficient (Wildman–Crippen LogP) is 5.66. The Balaban J connectivity index is 2.01. The van der Waals surface area contributed by atoms with Crippen molar-refractivity contribution in [2.75, 3.05) is 17.2 Å². The molecule has 0 amide bonds. The Labute approximate surface area is 188 Å². The van der Waals surface area contributed by atoms with E-state index >= 15 is 0 Å². The number of aromatic nitrogens is 2. The number of hydrogen-bond donors (Lipinski definition) is 3. The molecule has 0 fully saturated rings. The van der Waals surface area contributed by atoms with Gasteiger partial charge in [-0.2, -0.15) is 4.98 Å². The summed E-state index contributed by atoms with van der Waals surface area (Å²) in [6.07, 6.45) is -4.82. The zero-order chi connectivity index (χ0) is 24.2. The van der Waals surface area contributed by atoms with Gasteiger partial charge in [0.25, 0.3) is 0 Å². The molecule has 3 aromatic rings. The number of alkyl halides is 3. The molecule has 0 saturated carbocycles. The highest BCUT2D eigenvalue weighted by Crippen LogP contribution is 2.30. The average molecular weight is 464 g/mol. The van der Waals surface area contributed by atoms with Gasteiger partial charge in [-0.1, -0.05) is 26.0 Å². The van der Waals surface area contributed by atoms with Crippen LogP contribution in [0.1, 0.15) is 19.4 Å². The maximum atomic E-state index is 13.6. The van der Waals surface area contributed by atoms with Crippen molar-refractivity contribution in [3.05, 3.63) is 59.9 Å². The van der Waals surface area contributed by atoms with Crippen molar-refractivity contribution in [2.24, 2.45) is 5.92 Å². The van der Waals surface area contributed by atoms with Crippen molar-refractivity contribution < 1.29 is 27.4 Å². The Kier molecular flexibility index (Phi) is 7.37. The highest BCUT2D eigenvalue weighted by Gasteiger charge is 2.31. The Morgan fingerprint density at radius 3 is 2.45 bits per heavy atom. The van der Waals surface area contributed by atoms with Crippen LogP contribution in [-0.2, 0) is 0 Å². The highest BCUT2D eigenvalue weighted by molar-refractivity contribution is 5.68. The first-order valence-electron chi connectivity index (χ1n) is 10.2. The number of hydrogen-bond acceptors (Lipinski definition) is 6. The number of rotatable bonds is 8. The SMILES string of the molecule is Cc1cc(Nc2cc(-c3cccc(OC(F)(F)F)c3)nc(N[C@H](CO)C(C)C)n2)ccc1F. The van der Waals surface area contributed by atoms with E-state index in [1.807, 2.05) is 13.8 Å². The fourth-order valence-electron chi connectivity index (χ4n) is 3.04. The molecule has 0 spiro atoms. The molecular weight excluding hydrogens is 440 g/mol. The molecule has 0 aliphatic rings. The summed E-state index contributed by atoms with van der Waals surface area (Å²) >= 11 is 0. The molecule has 33 heavy (non-hydrogen) atoms. The number of nitrogens with zero attached hydrogens (tertiary/aromatic N) is 2. The molecule has 3 N–H and O–H groups in total. The summed E-state index contributed by atoms with van der Waals surface area (Å²) in [6.45, 7) is 5.28. The van der Waals surface area contributed by atoms with Gasteiger partial charge in [0.05, 0.1) is 18.3 Å². The van der Waals surface area contributed by atoms with Crippen molar-refractivity contribution >= 4 is 17.5 Å². The smallest absolute Gasteiger partial charge is 0.406 e. The Morgan fingerprint density at radius 1 is 1.06 bits per heavy atom. The molecular formula is C23H24F4N4O2. The van der Waals surface area contributed by atoms with E-state index in [1.165, 1.54) is 24.3 Å². The van der Waals surface area contributed by atoms with Crippen LogP contribution in [0.2, 0.25) is 0 Å². The van der Waals surface area contributed by atoms with E-state index in [9.17, 15) is 22.7 Å². The van der Waals surface area contributed by atoms with Gasteiger partial charge in [0, 0.05) is 17.3 Å². The first-order valence-corrected chi connectivity index (χ1v) is 10.2. The predicted molar refractivity (Wildman–Crippen MR) is 118 cm³/mol. The molecule has 0 aliphatic heterocycles. The second-order valence-corrected chi connectivity index (χ2v) is 7.80. The summed E-state index contributed by atoms with van der Waals surface area (Å²) < 4.78 is 55.6. The summed E-state index contributed by atoms with van der Waals surface area (Å²) in [5.41, 5.74) is 1.69. The van der Waals surface area contributed by atoms with Crippen LogP contribution in [0.15, 0.2) is 48.5 Å². The third kappa shape index (κ3) is 6.79. The lowest BCUT2D eigenvalue weighted by atomic mass is 10.1. The van der Waals surface area contributed by atoms with Crippen LogP contribution >= 0.6 is 0 Å². The molecule has 0 aliphatic carbocycles. The van der Waals surface area contributed by atoms with Gasteiger partial charge in [-0.15, -0.1) is 13.2 Å². The Bertz CT molecular complexity index is 1110. The van der Waals surface area contributed by atoms with E-state index in [1.54, 1.807) is 31.2 Å². The van der Waals surface area contributed by atoms with E-state index in [0.29, 0.717) is 28.3 Å². The number of nitrogens with one attached hydrogen (secondary N) is 2. The fourth-order valence-corrected chi connectivity index (χ4v) is 3.04. The van der Waals surface area contributed by atoms with E-state index in [-0.39, 0.29) is 36.1 Å². The van der Waals surface area contributed by atoms with Gasteiger partial charge in [0.1, 0.15) is 17.4 Å². The van der Waals surface area contributed by atoms with Gasteiger partial charge in [-0.05, 0) is 48.7 Å². The number of aryl methyl sites for hydroxylation is 1. The highest BCUT2D eigenvalue weighted by atomic mass is 19.4. The number of ether oxygens (including phenoxy) is 1. The second-order valence-electron chi connectivity index (χ2n) is 7.80. The van der Waals surface area contributed by atoms with Gasteiger partial charge < -0.3 is 20.5 Å². The first kappa shape index (κ1) is 24.2. The summed E-state index contributed by atoms with van der Waals surface area (Å²) in [5, 5.41) is 15.8. The van der Waals surface area contributed by atoms with Crippen LogP contribution in [0.5, 0.6) is 5.75 Å². The van der Waals surface area contributed by atoms with Crippen molar-refractivity contribution in [3.8, 4) is 17.0 Å². The largest absolute Gasteiger partial charge is 0.573 e. The Hall–Kier alpha value is -3.40. The normalized spacial score (nSPS) is 12.5. The molecule has 1 heterocycles. The van der Waals surface area contributed by atoms with E-state index in [0.717, 1.165) is 0 Å². The van der Waals surface area contributed by atoms with Crippen LogP contribution in [0.4, 0.5) is 35.0 Å². The Morgan fingerprint density at radius 2 is 1.82 bits per heavy atom. The zero-order valence-corrected chi connectivity index (χ0v) is 18.2. The molecule has 6 nitrogen and oxygen atoms in total. The van der Waals surface area contributed by atoms with Crippen LogP contribution in [0, 0.1) is 18.7 Å². The van der Waals surface area contributed by atoms with E-state index < -0.39 is 6.36 Å². The minimum absolute atomic E-state index is 0.0573. The van der Waals surface area contributed by atoms with Crippen LogP contribution in [0.25, 0.3) is 11.3 Å². The van der Waals surface area contributed by atoms with Crippen LogP contribution in [0.3, 0.4) is 0 Å². The summed E-state index contributed by atoms with van der Waals surface area (Å²) in [4.78, 5) is 8.82. The summed E-state index contributed by atoms with van der Waals surface area (Å²) in [7, 11) is 0. The molecule has 1 atom stereocenters. The van der Waals surface area contributed by atoms with Crippen molar-refractivity contribution in [2.45, 2.75) is 33.2 Å². The maximum absolute atomic E-state index is 13.6. The molecule has 1 aromatic heterocycles. The second kappa shape index (κ2) is 10.0. The van der Waals surface area contributed by atoms with Gasteiger partial charge in [-0.25, -0.2) is 9.37 Å². The average Bonchev–Trinajstić information content (AvgIpc) is 2.73. The van der Waals surface area contributed by atoms with Gasteiger partial charge >= 0.3 is 6.36 Å². The van der Waals surface area contributed by atoms with Crippen molar-refractivity contribution in [3.63, 3.8) is 0 Å². The van der Waals surface area contributed by atoms with Crippen LogP contribution in [-0.4, -0.2) is 34.1 Å². The third-order valence-electron chi connectivity index (χ3n) is 4.84. The lowest BCUT2D eigenvalue weighted by Crippen LogP contribution is -2.30. The number of benzene rings is 2. The standard InChI is InChI=1S/C23H24F4N4O2/c1-13(2)20(12-32)30-22-29-19(15-5-4-6-17(10-15)33-23(25,26)27)11-21(31-22)28-16-7-8-18(24)14(3)9-16/h4-11,13,20,32H,12H2,1-3H3,(H2,28,29,30,31)/t20-/m1/s1. The quantitative estimate of drug-likeness (QED) is 0.373. The maximum Gasteiger partial charge on any atom is 0.573 e. The van der Waals surface area contributed by atoms with Gasteiger partial charge in [-0.3, -0.25) is 0 Å². The monoisotopic (exact) mass is 464 g/mol. The molecule has 0 saturated heterocycles. The fraction of sp³-hybridized carbons (Fsp3) is 0.304. The molecule has 10 heteroatoms. The van der Waals surface area contributed by atoms with Crippen LogP contribution < -0.4 is 15.4 Å². The zero-order valence-electron chi connectivity index (χ0n) is 18.2. The van der Waals surface area contributed by atoms with Gasteiger partial charge in [0.2, 0.25) is 5.95 Å². The molecule has 176 valence electrons. The van der Waals surface area contributed by atoms with E-state index in [4.69, 9.17) is 0 Å². The van der Waals surface area contributed by atoms with E-state index in [2.05, 4.69) is 25.3 Å². The summed E-state index contributed by atoms with van der Waals surface area (Å²) in [6, 6.07) is 11.1. The lowest BCUT2D eigenvalue weighted by Gasteiger charge is -2.21. The van der Waals surface area contributed by atoms with Crippen molar-refractivity contribution in [1.82, 2.24) is 9.97 Å². The molecule has 2 aromatic carbocycles. The molecule has 3 rings (SSSR count). The lowest BCUT2D eigenvalue weighted by molar-refractivity contribution is -0.274.